The summed E-state index contributed by atoms with van der Waals surface area (Å²) in [5, 5.41) is 0.673. The molecule has 1 amide bonds. The van der Waals surface area contributed by atoms with E-state index in [1.165, 1.54) is 0 Å². The molecule has 0 radical (unpaired) electrons. The Labute approximate surface area is 139 Å². The molecule has 5 heteroatoms. The van der Waals surface area contributed by atoms with Crippen LogP contribution in [0.5, 0.6) is 0 Å². The van der Waals surface area contributed by atoms with Crippen LogP contribution in [0.2, 0.25) is 5.02 Å². The third-order valence-corrected chi connectivity index (χ3v) is 4.70. The number of benzene rings is 2. The standard InChI is InChI=1S/C18H16ClN3O/c1-21-16-5-3-2-4-15(16)20-18(21)12-10-17(23)22(11-12)14-8-6-13(19)7-9-14/h2-9,12H,10-11H2,1H3/t12-/m0/s1. The number of hydrogen-bond acceptors (Lipinski definition) is 2. The lowest BCUT2D eigenvalue weighted by Crippen LogP contribution is -2.24. The van der Waals surface area contributed by atoms with Crippen molar-refractivity contribution in [2.75, 3.05) is 11.4 Å². The number of halogens is 1. The molecule has 0 saturated carbocycles. The van der Waals surface area contributed by atoms with Crippen LogP contribution in [0.3, 0.4) is 0 Å². The predicted octanol–water partition coefficient (Wildman–Crippen LogP) is 3.75. The molecule has 0 bridgehead atoms. The molecule has 1 atom stereocenters. The molecular weight excluding hydrogens is 310 g/mol. The van der Waals surface area contributed by atoms with Crippen molar-refractivity contribution < 1.29 is 4.79 Å². The Kier molecular flexibility index (Phi) is 3.34. The van der Waals surface area contributed by atoms with Crippen LogP contribution in [-0.2, 0) is 11.8 Å². The summed E-state index contributed by atoms with van der Waals surface area (Å²) in [6.45, 7) is 0.650. The van der Waals surface area contributed by atoms with Gasteiger partial charge in [-0.25, -0.2) is 4.98 Å². The Morgan fingerprint density at radius 3 is 2.61 bits per heavy atom. The summed E-state index contributed by atoms with van der Waals surface area (Å²) in [5.74, 6) is 1.20. The third-order valence-electron chi connectivity index (χ3n) is 4.45. The second kappa shape index (κ2) is 5.39. The van der Waals surface area contributed by atoms with Crippen LogP contribution < -0.4 is 4.90 Å². The first-order chi connectivity index (χ1) is 11.1. The quantitative estimate of drug-likeness (QED) is 0.719. The topological polar surface area (TPSA) is 38.1 Å². The number of fused-ring (bicyclic) bond motifs is 1. The highest BCUT2D eigenvalue weighted by Crippen LogP contribution is 2.33. The van der Waals surface area contributed by atoms with Crippen LogP contribution in [0.15, 0.2) is 48.5 Å². The van der Waals surface area contributed by atoms with Gasteiger partial charge in [-0.05, 0) is 36.4 Å². The summed E-state index contributed by atoms with van der Waals surface area (Å²) < 4.78 is 2.10. The zero-order chi connectivity index (χ0) is 16.0. The number of amides is 1. The molecular formula is C18H16ClN3O. The summed E-state index contributed by atoms with van der Waals surface area (Å²) >= 11 is 5.93. The Morgan fingerprint density at radius 2 is 1.87 bits per heavy atom. The fraction of sp³-hybridized carbons (Fsp3) is 0.222. The Hall–Kier alpha value is -2.33. The van der Waals surface area contributed by atoms with Crippen molar-refractivity contribution in [3.63, 3.8) is 0 Å². The van der Waals surface area contributed by atoms with Crippen molar-refractivity contribution in [2.24, 2.45) is 7.05 Å². The Morgan fingerprint density at radius 1 is 1.13 bits per heavy atom. The van der Waals surface area contributed by atoms with E-state index in [9.17, 15) is 4.79 Å². The molecule has 1 aliphatic rings. The van der Waals surface area contributed by atoms with Crippen LogP contribution in [0.4, 0.5) is 5.69 Å². The summed E-state index contributed by atoms with van der Waals surface area (Å²) in [6.07, 6.45) is 0.486. The highest BCUT2D eigenvalue weighted by Gasteiger charge is 2.34. The Bertz CT molecular complexity index is 885. The van der Waals surface area contributed by atoms with Gasteiger partial charge in [-0.1, -0.05) is 23.7 Å². The summed E-state index contributed by atoms with van der Waals surface area (Å²) in [6, 6.07) is 15.5. The van der Waals surface area contributed by atoms with Gasteiger partial charge in [0.05, 0.1) is 11.0 Å². The maximum absolute atomic E-state index is 12.4. The third kappa shape index (κ3) is 2.39. The SMILES string of the molecule is Cn1c([C@H]2CC(=O)N(c3ccc(Cl)cc3)C2)nc2ccccc21. The Balaban J connectivity index is 1.67. The summed E-state index contributed by atoms with van der Waals surface area (Å²) in [5.41, 5.74) is 2.96. The molecule has 4 nitrogen and oxygen atoms in total. The number of aromatic nitrogens is 2. The van der Waals surface area contributed by atoms with Gasteiger partial charge in [0, 0.05) is 36.6 Å². The minimum Gasteiger partial charge on any atom is -0.331 e. The van der Waals surface area contributed by atoms with E-state index in [0.717, 1.165) is 22.5 Å². The number of hydrogen-bond donors (Lipinski definition) is 0. The number of imidazole rings is 1. The van der Waals surface area contributed by atoms with Crippen LogP contribution in [-0.4, -0.2) is 22.0 Å². The zero-order valence-corrected chi connectivity index (χ0v) is 13.5. The van der Waals surface area contributed by atoms with Crippen molar-refractivity contribution >= 4 is 34.2 Å². The number of rotatable bonds is 2. The molecule has 116 valence electrons. The summed E-state index contributed by atoms with van der Waals surface area (Å²) in [4.78, 5) is 19.0. The molecule has 0 N–H and O–H groups in total. The van der Waals surface area contributed by atoms with Gasteiger partial charge in [-0.3, -0.25) is 4.79 Å². The van der Waals surface area contributed by atoms with Gasteiger partial charge in [0.2, 0.25) is 5.91 Å². The lowest BCUT2D eigenvalue weighted by Gasteiger charge is -2.16. The molecule has 3 aromatic rings. The first-order valence-corrected chi connectivity index (χ1v) is 7.98. The van der Waals surface area contributed by atoms with Crippen LogP contribution in [0, 0.1) is 0 Å². The van der Waals surface area contributed by atoms with Gasteiger partial charge in [0.15, 0.2) is 0 Å². The number of anilines is 1. The number of nitrogens with zero attached hydrogens (tertiary/aromatic N) is 3. The highest BCUT2D eigenvalue weighted by atomic mass is 35.5. The van der Waals surface area contributed by atoms with Crippen LogP contribution in [0.1, 0.15) is 18.2 Å². The maximum Gasteiger partial charge on any atom is 0.227 e. The zero-order valence-electron chi connectivity index (χ0n) is 12.7. The van der Waals surface area contributed by atoms with Gasteiger partial charge in [0.1, 0.15) is 5.82 Å². The second-order valence-corrected chi connectivity index (χ2v) is 6.34. The molecule has 1 aliphatic heterocycles. The first kappa shape index (κ1) is 14.3. The first-order valence-electron chi connectivity index (χ1n) is 7.61. The number of aryl methyl sites for hydroxylation is 1. The van der Waals surface area contributed by atoms with E-state index in [-0.39, 0.29) is 11.8 Å². The molecule has 2 aromatic carbocycles. The van der Waals surface area contributed by atoms with E-state index in [1.54, 1.807) is 0 Å². The molecule has 1 aromatic heterocycles. The van der Waals surface area contributed by atoms with Crippen molar-refractivity contribution in [2.45, 2.75) is 12.3 Å². The van der Waals surface area contributed by atoms with E-state index in [0.29, 0.717) is 18.0 Å². The number of carbonyl (C=O) groups is 1. The minimum atomic E-state index is 0.107. The average Bonchev–Trinajstić information content (AvgIpc) is 3.09. The molecule has 0 unspecified atom stereocenters. The van der Waals surface area contributed by atoms with E-state index < -0.39 is 0 Å². The smallest absolute Gasteiger partial charge is 0.227 e. The van der Waals surface area contributed by atoms with Gasteiger partial charge in [-0.2, -0.15) is 0 Å². The fourth-order valence-corrected chi connectivity index (χ4v) is 3.41. The molecule has 0 spiro atoms. The molecule has 23 heavy (non-hydrogen) atoms. The van der Waals surface area contributed by atoms with E-state index in [1.807, 2.05) is 54.4 Å². The highest BCUT2D eigenvalue weighted by molar-refractivity contribution is 6.30. The van der Waals surface area contributed by atoms with Gasteiger partial charge < -0.3 is 9.47 Å². The fourth-order valence-electron chi connectivity index (χ4n) is 3.28. The van der Waals surface area contributed by atoms with Gasteiger partial charge >= 0.3 is 0 Å². The van der Waals surface area contributed by atoms with Crippen molar-refractivity contribution in [3.05, 3.63) is 59.4 Å². The number of carbonyl (C=O) groups excluding carboxylic acids is 1. The van der Waals surface area contributed by atoms with Crippen molar-refractivity contribution in [3.8, 4) is 0 Å². The molecule has 1 fully saturated rings. The number of para-hydroxylation sites is 2. The molecule has 1 saturated heterocycles. The minimum absolute atomic E-state index is 0.107. The monoisotopic (exact) mass is 325 g/mol. The van der Waals surface area contributed by atoms with E-state index in [2.05, 4.69) is 10.6 Å². The summed E-state index contributed by atoms with van der Waals surface area (Å²) in [7, 11) is 2.01. The van der Waals surface area contributed by atoms with Gasteiger partial charge in [-0.15, -0.1) is 0 Å². The van der Waals surface area contributed by atoms with Crippen LogP contribution in [0.25, 0.3) is 11.0 Å². The molecule has 0 aliphatic carbocycles. The predicted molar refractivity (Wildman–Crippen MR) is 91.9 cm³/mol. The molecule has 2 heterocycles. The van der Waals surface area contributed by atoms with E-state index in [4.69, 9.17) is 16.6 Å². The van der Waals surface area contributed by atoms with Crippen molar-refractivity contribution in [1.29, 1.82) is 0 Å². The largest absolute Gasteiger partial charge is 0.331 e. The maximum atomic E-state index is 12.4. The van der Waals surface area contributed by atoms with E-state index >= 15 is 0 Å². The average molecular weight is 326 g/mol. The van der Waals surface area contributed by atoms with Crippen molar-refractivity contribution in [1.82, 2.24) is 9.55 Å². The molecule has 4 rings (SSSR count). The second-order valence-electron chi connectivity index (χ2n) is 5.90. The van der Waals surface area contributed by atoms with Gasteiger partial charge in [0.25, 0.3) is 0 Å². The lowest BCUT2D eigenvalue weighted by atomic mass is 10.1. The lowest BCUT2D eigenvalue weighted by molar-refractivity contribution is -0.117. The van der Waals surface area contributed by atoms with Crippen LogP contribution >= 0.6 is 11.6 Å². The normalized spacial score (nSPS) is 18.1.